The summed E-state index contributed by atoms with van der Waals surface area (Å²) in [5.41, 5.74) is 2.67. The molecule has 0 radical (unpaired) electrons. The van der Waals surface area contributed by atoms with Crippen LogP contribution in [0.2, 0.25) is 5.02 Å². The van der Waals surface area contributed by atoms with Crippen LogP contribution in [0.5, 0.6) is 0 Å². The number of ether oxygens (including phenoxy) is 1. The largest absolute Gasteiger partial charge is 0.459 e. The van der Waals surface area contributed by atoms with Crippen molar-refractivity contribution in [3.05, 3.63) is 57.2 Å². The van der Waals surface area contributed by atoms with Gasteiger partial charge in [-0.3, -0.25) is 4.79 Å². The topological polar surface area (TPSA) is 62.2 Å². The van der Waals surface area contributed by atoms with Crippen molar-refractivity contribution in [2.45, 2.75) is 52.2 Å². The molecule has 3 aliphatic heterocycles. The number of nitrogens with zero attached hydrogens (tertiary/aromatic N) is 3. The van der Waals surface area contributed by atoms with E-state index in [9.17, 15) is 9.59 Å². The van der Waals surface area contributed by atoms with E-state index in [-0.39, 0.29) is 18.4 Å². The fraction of sp³-hybridized carbons (Fsp3) is 0.435. The van der Waals surface area contributed by atoms with Gasteiger partial charge in [-0.05, 0) is 50.7 Å². The van der Waals surface area contributed by atoms with Gasteiger partial charge in [0.15, 0.2) is 5.17 Å². The van der Waals surface area contributed by atoms with Crippen molar-refractivity contribution in [2.24, 2.45) is 4.99 Å². The molecule has 1 aromatic rings. The van der Waals surface area contributed by atoms with Crippen molar-refractivity contribution in [3.63, 3.8) is 0 Å². The maximum absolute atomic E-state index is 13.1. The van der Waals surface area contributed by atoms with Gasteiger partial charge in [-0.2, -0.15) is 0 Å². The molecule has 1 amide bonds. The summed E-state index contributed by atoms with van der Waals surface area (Å²) >= 11 is 8.05. The lowest BCUT2D eigenvalue weighted by atomic mass is 9.93. The maximum atomic E-state index is 13.1. The standard InChI is InChI=1S/C23H26ClN3O3S/c1-14(2)30-22(29)20-15(3)25-23-27(21(20)17-8-4-5-9-18(17)24)16(13-31-23)12-19(28)26-10-6-7-11-26/h4-5,8-9,13-14,21H,6-7,10-12H2,1-3H3/t21-/m1/s1. The molecule has 0 unspecified atom stereocenters. The number of carbonyl (C=O) groups is 2. The van der Waals surface area contributed by atoms with Crippen molar-refractivity contribution in [3.8, 4) is 0 Å². The zero-order valence-corrected chi connectivity index (χ0v) is 19.5. The minimum atomic E-state index is -0.500. The number of thioether (sulfide) groups is 1. The number of amidine groups is 1. The first kappa shape index (κ1) is 22.0. The normalized spacial score (nSPS) is 20.7. The molecular weight excluding hydrogens is 434 g/mol. The lowest BCUT2D eigenvalue weighted by Crippen LogP contribution is -2.38. The molecule has 6 nitrogen and oxygen atoms in total. The average Bonchev–Trinajstić information content (AvgIpc) is 3.37. The summed E-state index contributed by atoms with van der Waals surface area (Å²) in [4.78, 5) is 34.6. The van der Waals surface area contributed by atoms with Crippen LogP contribution in [0.3, 0.4) is 0 Å². The van der Waals surface area contributed by atoms with Crippen molar-refractivity contribution >= 4 is 40.4 Å². The molecule has 1 aromatic carbocycles. The van der Waals surface area contributed by atoms with Gasteiger partial charge in [-0.15, -0.1) is 0 Å². The molecule has 0 aromatic heterocycles. The third-order valence-corrected chi connectivity index (χ3v) is 6.79. The van der Waals surface area contributed by atoms with Gasteiger partial charge in [0, 0.05) is 23.8 Å². The molecule has 3 aliphatic rings. The highest BCUT2D eigenvalue weighted by atomic mass is 35.5. The summed E-state index contributed by atoms with van der Waals surface area (Å²) in [6.07, 6.45) is 2.10. The Balaban J connectivity index is 1.73. The minimum Gasteiger partial charge on any atom is -0.459 e. The third-order valence-electron chi connectivity index (χ3n) is 5.55. The first-order valence-corrected chi connectivity index (χ1v) is 11.8. The van der Waals surface area contributed by atoms with Gasteiger partial charge in [-0.25, -0.2) is 9.79 Å². The Morgan fingerprint density at radius 1 is 1.26 bits per heavy atom. The minimum absolute atomic E-state index is 0.0982. The van der Waals surface area contributed by atoms with Crippen molar-refractivity contribution in [2.75, 3.05) is 13.1 Å². The van der Waals surface area contributed by atoms with E-state index in [1.165, 1.54) is 11.8 Å². The molecule has 1 saturated heterocycles. The van der Waals surface area contributed by atoms with Gasteiger partial charge in [0.05, 0.1) is 29.8 Å². The number of likely N-dealkylation sites (tertiary alicyclic amines) is 1. The average molecular weight is 460 g/mol. The van der Waals surface area contributed by atoms with Crippen LogP contribution in [0.4, 0.5) is 0 Å². The van der Waals surface area contributed by atoms with E-state index < -0.39 is 12.0 Å². The Morgan fingerprint density at radius 3 is 2.65 bits per heavy atom. The Bertz CT molecular complexity index is 996. The molecule has 0 bridgehead atoms. The summed E-state index contributed by atoms with van der Waals surface area (Å²) < 4.78 is 5.56. The quantitative estimate of drug-likeness (QED) is 0.587. The Kier molecular flexibility index (Phi) is 6.44. The SMILES string of the molecule is CC1=C(C(=O)OC(C)C)[C@@H](c2ccccc2Cl)N2C(CC(=O)N3CCCC3)=CSC2=N1. The van der Waals surface area contributed by atoms with Gasteiger partial charge in [0.25, 0.3) is 0 Å². The van der Waals surface area contributed by atoms with Gasteiger partial charge >= 0.3 is 5.97 Å². The molecule has 0 aliphatic carbocycles. The highest BCUT2D eigenvalue weighted by Gasteiger charge is 2.42. The number of rotatable bonds is 5. The fourth-order valence-electron chi connectivity index (χ4n) is 4.13. The Morgan fingerprint density at radius 2 is 1.97 bits per heavy atom. The van der Waals surface area contributed by atoms with Crippen LogP contribution in [0.25, 0.3) is 0 Å². The van der Waals surface area contributed by atoms with Crippen LogP contribution < -0.4 is 0 Å². The molecule has 3 heterocycles. The molecular formula is C23H26ClN3O3S. The van der Waals surface area contributed by atoms with E-state index in [1.807, 2.05) is 60.2 Å². The molecule has 4 rings (SSSR count). The number of hydrogen-bond acceptors (Lipinski definition) is 6. The number of esters is 1. The number of aliphatic imine (C=N–C) groups is 1. The van der Waals surface area contributed by atoms with Crippen LogP contribution in [-0.2, 0) is 14.3 Å². The van der Waals surface area contributed by atoms with Crippen LogP contribution in [-0.4, -0.2) is 46.0 Å². The number of halogens is 1. The molecule has 0 saturated carbocycles. The second kappa shape index (κ2) is 9.09. The van der Waals surface area contributed by atoms with Crippen molar-refractivity contribution < 1.29 is 14.3 Å². The Labute approximate surface area is 192 Å². The molecule has 0 N–H and O–H groups in total. The van der Waals surface area contributed by atoms with Crippen molar-refractivity contribution in [1.82, 2.24) is 9.80 Å². The van der Waals surface area contributed by atoms with Gasteiger partial charge in [0.1, 0.15) is 0 Å². The lowest BCUT2D eigenvalue weighted by Gasteiger charge is -2.37. The van der Waals surface area contributed by atoms with Crippen LogP contribution in [0.15, 0.2) is 51.6 Å². The van der Waals surface area contributed by atoms with E-state index in [4.69, 9.17) is 16.3 Å². The second-order valence-corrected chi connectivity index (χ2v) is 9.38. The second-order valence-electron chi connectivity index (χ2n) is 8.13. The van der Waals surface area contributed by atoms with Crippen molar-refractivity contribution in [1.29, 1.82) is 0 Å². The highest BCUT2D eigenvalue weighted by Crippen LogP contribution is 2.46. The molecule has 164 valence electrons. The molecule has 8 heteroatoms. The van der Waals surface area contributed by atoms with Gasteiger partial charge < -0.3 is 14.5 Å². The summed E-state index contributed by atoms with van der Waals surface area (Å²) in [7, 11) is 0. The third kappa shape index (κ3) is 4.39. The van der Waals surface area contributed by atoms with E-state index in [1.54, 1.807) is 0 Å². The number of amides is 1. The maximum Gasteiger partial charge on any atom is 0.338 e. The molecule has 1 fully saturated rings. The smallest absolute Gasteiger partial charge is 0.338 e. The summed E-state index contributed by atoms with van der Waals surface area (Å²) in [6, 6.07) is 6.98. The lowest BCUT2D eigenvalue weighted by molar-refractivity contribution is -0.143. The molecule has 31 heavy (non-hydrogen) atoms. The molecule has 0 spiro atoms. The number of carbonyl (C=O) groups excluding carboxylic acids is 2. The van der Waals surface area contributed by atoms with Crippen LogP contribution in [0, 0.1) is 0 Å². The fourth-order valence-corrected chi connectivity index (χ4v) is 5.34. The zero-order valence-electron chi connectivity index (χ0n) is 17.9. The number of hydrogen-bond donors (Lipinski definition) is 0. The van der Waals surface area contributed by atoms with Crippen LogP contribution >= 0.6 is 23.4 Å². The Hall–Kier alpha value is -2.25. The summed E-state index contributed by atoms with van der Waals surface area (Å²) in [6.45, 7) is 7.07. The zero-order chi connectivity index (χ0) is 22.1. The summed E-state index contributed by atoms with van der Waals surface area (Å²) in [5, 5.41) is 3.26. The molecule has 1 atom stereocenters. The number of allylic oxidation sites excluding steroid dienone is 1. The number of fused-ring (bicyclic) bond motifs is 1. The number of benzene rings is 1. The van der Waals surface area contributed by atoms with E-state index in [0.29, 0.717) is 16.3 Å². The van der Waals surface area contributed by atoms with E-state index in [2.05, 4.69) is 4.99 Å². The van der Waals surface area contributed by atoms with Gasteiger partial charge in [-0.1, -0.05) is 41.6 Å². The first-order chi connectivity index (χ1) is 14.9. The van der Waals surface area contributed by atoms with E-state index in [0.717, 1.165) is 42.4 Å². The van der Waals surface area contributed by atoms with Gasteiger partial charge in [0.2, 0.25) is 5.91 Å². The highest BCUT2D eigenvalue weighted by molar-refractivity contribution is 8.16. The summed E-state index contributed by atoms with van der Waals surface area (Å²) in [5.74, 6) is -0.316. The van der Waals surface area contributed by atoms with Crippen LogP contribution in [0.1, 0.15) is 51.6 Å². The first-order valence-electron chi connectivity index (χ1n) is 10.5. The predicted molar refractivity (Wildman–Crippen MR) is 124 cm³/mol. The predicted octanol–water partition coefficient (Wildman–Crippen LogP) is 4.88. The monoisotopic (exact) mass is 459 g/mol. The van der Waals surface area contributed by atoms with E-state index >= 15 is 0 Å².